The Hall–Kier alpha value is -6.84. The number of aromatic amines is 4. The van der Waals surface area contributed by atoms with Crippen molar-refractivity contribution in [3.63, 3.8) is 0 Å². The fourth-order valence-corrected chi connectivity index (χ4v) is 10.0. The number of carboxylic acids is 4. The molecular weight excluding hydrogens is 1280 g/mol. The molecule has 16 atom stereocenters. The smallest absolute Gasteiger partial charge is 0.545 e. The molecule has 46 heteroatoms. The predicted molar refractivity (Wildman–Crippen MR) is 272 cm³/mol. The first-order chi connectivity index (χ1) is 41.7. The van der Waals surface area contributed by atoms with E-state index in [0.29, 0.717) is 0 Å². The second-order valence-electron chi connectivity index (χ2n) is 19.1. The molecule has 90 heavy (non-hydrogen) atoms. The number of fused-ring (bicyclic) bond motifs is 4. The largest absolute Gasteiger partial charge is 2.00 e. The molecule has 0 saturated carbocycles. The molecule has 12 rings (SSSR count). The third-order valence-corrected chi connectivity index (χ3v) is 14.4. The van der Waals surface area contributed by atoms with Gasteiger partial charge in [-0.25, -0.2) is 39.9 Å². The summed E-state index contributed by atoms with van der Waals surface area (Å²) >= 11 is 0. The number of carbonyl (C=O) groups is 4. The van der Waals surface area contributed by atoms with Crippen molar-refractivity contribution in [3.8, 4) is 0 Å². The Morgan fingerprint density at radius 2 is 0.556 bits per heavy atom. The third-order valence-electron chi connectivity index (χ3n) is 14.4. The molecule has 12 heterocycles. The fourth-order valence-electron chi connectivity index (χ4n) is 10.0. The molecule has 4 aliphatic rings. The number of H-pyrrole nitrogens is 4. The van der Waals surface area contributed by atoms with Gasteiger partial charge in [-0.15, -0.1) is 0 Å². The third kappa shape index (κ3) is 11.1. The summed E-state index contributed by atoms with van der Waals surface area (Å²) in [4.78, 5) is 132. The first kappa shape index (κ1) is 70.6. The number of hydrogen-bond acceptors (Lipinski definition) is 36. The average Bonchev–Trinajstić information content (AvgIpc) is 1.60. The Morgan fingerprint density at radius 3 is 0.700 bits per heavy atom. The first-order valence-corrected chi connectivity index (χ1v) is 24.8. The molecule has 0 amide bonds. The SMILES string of the molecule is O=C([O-])[C@@]1(n2cnc3c(=O)[nH]cnc32)O[C@H](CO)[C@@H](O)[C@H]1O.O=C([O-])[C@@]1(n2cnc3c(=O)[nH]cnc32)O[C@H](CO)[C@@H](O)[C@H]1O.O=C([O-])[C@@]1(n2cnc3c(=O)[nH]cnc32)O[C@H](CO)[C@@H](O)[C@H]1O.O=C([O-])[C@@]1(n2cnc3c(=O)[nH]cnc32)O[C@H](CO)[C@@H](O)[C@H]1O.[Ca+2].[Ca+2]. The van der Waals surface area contributed by atoms with Gasteiger partial charge in [-0.3, -0.25) is 37.4 Å². The standard InChI is InChI=1S/4C11H12N4O7.2Ca/c4*16-1-4-6(17)7(18)11(22-4,10(20)21)15-3-14-5-8(15)12-2-13-9(5)19;;/h4*2-4,6-7,16-18H,1H2,(H,20,21)(H,12,13,19);;/q;;;;2*+2/p-4/t4*4-,6-,7-,11+;;/m1111../s1. The van der Waals surface area contributed by atoms with Crippen LogP contribution in [0.3, 0.4) is 0 Å². The Morgan fingerprint density at radius 1 is 0.378 bits per heavy atom. The van der Waals surface area contributed by atoms with Gasteiger partial charge in [0.05, 0.1) is 75.6 Å². The van der Waals surface area contributed by atoms with Gasteiger partial charge in [-0.1, -0.05) is 0 Å². The Labute approximate surface area is 552 Å². The maximum atomic E-state index is 11.6. The maximum absolute atomic E-state index is 11.6. The Bertz CT molecular complexity index is 3690. The van der Waals surface area contributed by atoms with Crippen molar-refractivity contribution < 1.29 is 120 Å². The van der Waals surface area contributed by atoms with Gasteiger partial charge in [0.1, 0.15) is 98.6 Å². The van der Waals surface area contributed by atoms with Crippen LogP contribution in [0.2, 0.25) is 0 Å². The zero-order valence-electron chi connectivity index (χ0n) is 45.1. The van der Waals surface area contributed by atoms with Gasteiger partial charge in [0.2, 0.25) is 22.9 Å². The zero-order chi connectivity index (χ0) is 64.3. The van der Waals surface area contributed by atoms with Crippen molar-refractivity contribution in [2.24, 2.45) is 0 Å². The molecule has 0 radical (unpaired) electrons. The zero-order valence-corrected chi connectivity index (χ0v) is 49.5. The van der Waals surface area contributed by atoms with E-state index >= 15 is 0 Å². The second-order valence-corrected chi connectivity index (χ2v) is 19.1. The van der Waals surface area contributed by atoms with Gasteiger partial charge in [0, 0.05) is 0 Å². The number of aliphatic carboxylic acids is 4. The van der Waals surface area contributed by atoms with Gasteiger partial charge in [-0.2, -0.15) is 0 Å². The van der Waals surface area contributed by atoms with Crippen molar-refractivity contribution in [1.29, 1.82) is 0 Å². The summed E-state index contributed by atoms with van der Waals surface area (Å²) in [6, 6.07) is 0. The van der Waals surface area contributed by atoms with Gasteiger partial charge < -0.3 is 140 Å². The number of aromatic nitrogens is 16. The number of aliphatic hydroxyl groups excluding tert-OH is 12. The molecule has 4 aliphatic heterocycles. The van der Waals surface area contributed by atoms with E-state index in [-0.39, 0.29) is 120 Å². The molecular formula is C44H44Ca2N16O28. The summed E-state index contributed by atoms with van der Waals surface area (Å²) in [7, 11) is 0. The van der Waals surface area contributed by atoms with E-state index in [2.05, 4.69) is 59.8 Å². The van der Waals surface area contributed by atoms with Crippen molar-refractivity contribution >= 4 is 144 Å². The summed E-state index contributed by atoms with van der Waals surface area (Å²) in [5, 5.41) is 163. The monoisotopic (exact) mass is 1320 g/mol. The minimum atomic E-state index is -2.57. The van der Waals surface area contributed by atoms with Crippen LogP contribution >= 0.6 is 0 Å². The minimum absolute atomic E-state index is 0. The number of aliphatic hydroxyl groups is 12. The molecule has 8 aromatic rings. The average molecular weight is 1330 g/mol. The minimum Gasteiger partial charge on any atom is -0.545 e. The van der Waals surface area contributed by atoms with Crippen LogP contribution in [0.1, 0.15) is 0 Å². The van der Waals surface area contributed by atoms with E-state index in [1.54, 1.807) is 0 Å². The van der Waals surface area contributed by atoms with Gasteiger partial charge in [0.15, 0.2) is 44.7 Å². The van der Waals surface area contributed by atoms with Crippen molar-refractivity contribution in [3.05, 3.63) is 92.0 Å². The molecule has 0 spiro atoms. The Balaban J connectivity index is 0.000000169. The van der Waals surface area contributed by atoms with Crippen LogP contribution in [0.15, 0.2) is 69.8 Å². The number of nitrogens with one attached hydrogen (secondary N) is 4. The molecule has 8 aromatic heterocycles. The van der Waals surface area contributed by atoms with E-state index in [0.717, 1.165) is 68.9 Å². The number of rotatable bonds is 12. The number of hydrogen-bond donors (Lipinski definition) is 16. The van der Waals surface area contributed by atoms with Crippen LogP contribution in [-0.4, -0.2) is 338 Å². The van der Waals surface area contributed by atoms with Crippen LogP contribution in [0, 0.1) is 0 Å². The number of carboxylic acid groups (broad SMARTS) is 4. The van der Waals surface area contributed by atoms with Gasteiger partial charge in [-0.05, 0) is 0 Å². The van der Waals surface area contributed by atoms with Crippen LogP contribution in [0.5, 0.6) is 0 Å². The molecule has 44 nitrogen and oxygen atoms in total. The Kier molecular flexibility index (Phi) is 21.3. The summed E-state index contributed by atoms with van der Waals surface area (Å²) in [6.07, 6.45) is -12.2. The van der Waals surface area contributed by atoms with E-state index in [9.17, 15) is 99.6 Å². The topological polar surface area (TPSA) is 694 Å². The van der Waals surface area contributed by atoms with Crippen LogP contribution in [0.4, 0.5) is 0 Å². The molecule has 16 N–H and O–H groups in total. The summed E-state index contributed by atoms with van der Waals surface area (Å²) in [6.45, 7) is -2.91. The summed E-state index contributed by atoms with van der Waals surface area (Å²) in [5.41, 5.74) is -14.2. The normalized spacial score (nSPS) is 31.0. The number of nitrogens with zero attached hydrogens (tertiary/aromatic N) is 12. The first-order valence-electron chi connectivity index (χ1n) is 24.8. The van der Waals surface area contributed by atoms with E-state index < -0.39 is 169 Å². The maximum Gasteiger partial charge on any atom is 2.00 e. The van der Waals surface area contributed by atoms with Gasteiger partial charge >= 0.3 is 75.5 Å². The molecule has 4 saturated heterocycles. The predicted octanol–water partition coefficient (Wildman–Crippen LogP) is -18.2. The van der Waals surface area contributed by atoms with Crippen molar-refractivity contribution in [2.45, 2.75) is 96.1 Å². The van der Waals surface area contributed by atoms with E-state index in [1.165, 1.54) is 0 Å². The molecule has 0 aliphatic carbocycles. The number of carbonyl (C=O) groups excluding carboxylic acids is 4. The fraction of sp³-hybridized carbons (Fsp3) is 0.455. The summed E-state index contributed by atoms with van der Waals surface area (Å²) < 4.78 is 23.7. The number of imidazole rings is 4. The summed E-state index contributed by atoms with van der Waals surface area (Å²) in [5.74, 6) is -7.51. The van der Waals surface area contributed by atoms with Crippen molar-refractivity contribution in [1.82, 2.24) is 78.1 Å². The molecule has 0 unspecified atom stereocenters. The van der Waals surface area contributed by atoms with E-state index in [1.807, 2.05) is 0 Å². The molecule has 4 fully saturated rings. The quantitative estimate of drug-likeness (QED) is 0.0505. The van der Waals surface area contributed by atoms with E-state index in [4.69, 9.17) is 39.4 Å². The number of ether oxygens (including phenoxy) is 4. The molecule has 472 valence electrons. The van der Waals surface area contributed by atoms with Crippen LogP contribution in [-0.2, 0) is 61.0 Å². The molecule has 0 aromatic carbocycles. The van der Waals surface area contributed by atoms with Gasteiger partial charge in [0.25, 0.3) is 22.2 Å². The van der Waals surface area contributed by atoms with Crippen molar-refractivity contribution in [2.75, 3.05) is 26.4 Å². The second kappa shape index (κ2) is 27.2. The van der Waals surface area contributed by atoms with Crippen LogP contribution in [0.25, 0.3) is 44.7 Å². The molecule has 0 bridgehead atoms. The van der Waals surface area contributed by atoms with Crippen LogP contribution < -0.4 is 42.7 Å².